The third-order valence-electron chi connectivity index (χ3n) is 7.03. The molecule has 1 atom stereocenters. The van der Waals surface area contributed by atoms with Gasteiger partial charge in [0.25, 0.3) is 0 Å². The maximum absolute atomic E-state index is 13.0. The van der Waals surface area contributed by atoms with Crippen LogP contribution in [0.1, 0.15) is 29.5 Å². The number of hydrogen-bond acceptors (Lipinski definition) is 6. The molecule has 0 N–H and O–H groups in total. The van der Waals surface area contributed by atoms with Gasteiger partial charge in [0.2, 0.25) is 0 Å². The summed E-state index contributed by atoms with van der Waals surface area (Å²) >= 11 is 1.53. The quantitative estimate of drug-likeness (QED) is 0.175. The first-order valence-electron chi connectivity index (χ1n) is 13.6. The fraction of sp³-hybridized carbons (Fsp3) is 0.194. The molecule has 2 aliphatic heterocycles. The van der Waals surface area contributed by atoms with Crippen LogP contribution in [-0.2, 0) is 0 Å². The Kier molecular flexibility index (Phi) is 7.72. The van der Waals surface area contributed by atoms with Crippen molar-refractivity contribution in [2.45, 2.75) is 26.1 Å². The number of fused-ring (bicyclic) bond motifs is 3. The number of carbonyl (C=O) groups excluding carboxylic acids is 1. The number of aliphatic imine (C=N–C) groups is 1. The lowest BCUT2D eigenvalue weighted by atomic mass is 9.93. The number of hydrazone groups is 1. The Morgan fingerprint density at radius 3 is 2.59 bits per heavy atom. The molecule has 2 aliphatic rings. The first kappa shape index (κ1) is 29.2. The number of aromatic nitrogens is 3. The van der Waals surface area contributed by atoms with Gasteiger partial charge in [-0.2, -0.15) is 10.1 Å². The summed E-state index contributed by atoms with van der Waals surface area (Å²) in [5, 5.41) is 10.5. The summed E-state index contributed by atoms with van der Waals surface area (Å²) in [6.45, 7) is 4.22. The Morgan fingerprint density at radius 2 is 1.86 bits per heavy atom. The lowest BCUT2D eigenvalue weighted by Gasteiger charge is -2.30. The van der Waals surface area contributed by atoms with Gasteiger partial charge in [0, 0.05) is 30.0 Å². The Bertz CT molecular complexity index is 1800. The molecule has 3 aromatic carbocycles. The first-order valence-corrected chi connectivity index (χ1v) is 14.6. The van der Waals surface area contributed by atoms with Gasteiger partial charge >= 0.3 is 12.4 Å². The summed E-state index contributed by atoms with van der Waals surface area (Å²) < 4.78 is 42.6. The molecule has 13 heteroatoms. The van der Waals surface area contributed by atoms with E-state index in [0.717, 1.165) is 33.8 Å². The average molecular weight is 618 g/mol. The van der Waals surface area contributed by atoms with E-state index in [1.807, 2.05) is 24.3 Å². The highest BCUT2D eigenvalue weighted by atomic mass is 32.2. The van der Waals surface area contributed by atoms with Crippen molar-refractivity contribution >= 4 is 34.9 Å². The molecule has 9 nitrogen and oxygen atoms in total. The summed E-state index contributed by atoms with van der Waals surface area (Å²) in [5.74, 6) is 1.15. The zero-order valence-electron chi connectivity index (χ0n) is 23.9. The molecule has 1 unspecified atom stereocenters. The molecule has 44 heavy (non-hydrogen) atoms. The van der Waals surface area contributed by atoms with Crippen LogP contribution < -0.4 is 9.64 Å². The van der Waals surface area contributed by atoms with Gasteiger partial charge in [-0.1, -0.05) is 61.2 Å². The van der Waals surface area contributed by atoms with E-state index in [2.05, 4.69) is 67.9 Å². The third kappa shape index (κ3) is 6.23. The van der Waals surface area contributed by atoms with E-state index in [4.69, 9.17) is 0 Å². The van der Waals surface area contributed by atoms with Crippen molar-refractivity contribution in [1.82, 2.24) is 19.8 Å². The van der Waals surface area contributed by atoms with Crippen LogP contribution in [0, 0.1) is 6.92 Å². The number of allylic oxidation sites excluding steroid dienone is 1. The summed E-state index contributed by atoms with van der Waals surface area (Å²) in [6.07, 6.45) is 0.496. The Hall–Kier alpha value is -4.91. The number of nitrogens with zero attached hydrogens (tertiary/aromatic N) is 7. The van der Waals surface area contributed by atoms with Gasteiger partial charge in [0.05, 0.1) is 17.6 Å². The smallest absolute Gasteiger partial charge is 0.406 e. The molecule has 0 saturated carbocycles. The van der Waals surface area contributed by atoms with Crippen molar-refractivity contribution in [3.63, 3.8) is 0 Å². The molecule has 3 heterocycles. The van der Waals surface area contributed by atoms with Crippen LogP contribution in [0.15, 0.2) is 94.9 Å². The highest BCUT2D eigenvalue weighted by Gasteiger charge is 2.34. The molecule has 0 spiro atoms. The lowest BCUT2D eigenvalue weighted by molar-refractivity contribution is -0.274. The number of halogens is 3. The standard InChI is InChI=1S/C31H26F3N7O2S/c1-19-4-13-26-20(2)15-24-17-44-30(41(24)27(26)14-19)37-29(42)39(3)36-16-21-5-7-22(8-6-21)28-35-18-40(38-28)23-9-11-25(12-10-23)43-31(32,33)34/h4-16,18,20H,17H2,1-3H3/b36-16+,37-30?. The number of benzene rings is 3. The van der Waals surface area contributed by atoms with Crippen molar-refractivity contribution in [2.24, 2.45) is 10.1 Å². The topological polar surface area (TPSA) is 88.2 Å². The summed E-state index contributed by atoms with van der Waals surface area (Å²) in [6, 6.07) is 18.4. The second-order valence-electron chi connectivity index (χ2n) is 10.3. The van der Waals surface area contributed by atoms with E-state index in [9.17, 15) is 18.0 Å². The number of alkyl halides is 3. The second kappa shape index (κ2) is 11.6. The molecule has 1 fully saturated rings. The highest BCUT2D eigenvalue weighted by molar-refractivity contribution is 8.14. The van der Waals surface area contributed by atoms with E-state index < -0.39 is 12.4 Å². The number of ether oxygens (including phenoxy) is 1. The Morgan fingerprint density at radius 1 is 1.11 bits per heavy atom. The number of thioether (sulfide) groups is 1. The second-order valence-corrected chi connectivity index (χ2v) is 11.2. The van der Waals surface area contributed by atoms with Crippen LogP contribution in [0.5, 0.6) is 5.75 Å². The molecule has 224 valence electrons. The van der Waals surface area contributed by atoms with Crippen molar-refractivity contribution in [3.05, 3.63) is 102 Å². The summed E-state index contributed by atoms with van der Waals surface area (Å²) in [4.78, 5) is 23.7. The van der Waals surface area contributed by atoms with Crippen LogP contribution in [-0.4, -0.2) is 56.3 Å². The van der Waals surface area contributed by atoms with Gasteiger partial charge in [-0.3, -0.25) is 4.90 Å². The SMILES string of the molecule is Cc1ccc2c(c1)N1C(=CC2C)CSC1=NC(=O)N(C)/N=C/c1ccc(-c2ncn(-c3ccc(OC(F)(F)F)cc3)n2)cc1. The zero-order chi connectivity index (χ0) is 31.0. The Balaban J connectivity index is 1.11. The number of rotatable bonds is 5. The van der Waals surface area contributed by atoms with Gasteiger partial charge in [-0.25, -0.2) is 19.5 Å². The molecule has 4 aromatic rings. The number of urea groups is 1. The van der Waals surface area contributed by atoms with Gasteiger partial charge < -0.3 is 4.74 Å². The maximum atomic E-state index is 13.0. The number of aryl methyl sites for hydroxylation is 1. The van der Waals surface area contributed by atoms with Crippen molar-refractivity contribution in [2.75, 3.05) is 17.7 Å². The van der Waals surface area contributed by atoms with E-state index in [-0.39, 0.29) is 5.75 Å². The van der Waals surface area contributed by atoms with Crippen LogP contribution in [0.2, 0.25) is 0 Å². The number of anilines is 1. The van der Waals surface area contributed by atoms with Crippen LogP contribution in [0.4, 0.5) is 23.7 Å². The molecule has 6 rings (SSSR count). The molecular weight excluding hydrogens is 591 g/mol. The summed E-state index contributed by atoms with van der Waals surface area (Å²) in [7, 11) is 1.56. The minimum absolute atomic E-state index is 0.292. The Labute approximate surface area is 255 Å². The number of hydrogen-bond donors (Lipinski definition) is 0. The number of amides is 2. The molecule has 1 aromatic heterocycles. The van der Waals surface area contributed by atoms with Crippen LogP contribution >= 0.6 is 11.8 Å². The van der Waals surface area contributed by atoms with Crippen molar-refractivity contribution in [1.29, 1.82) is 0 Å². The van der Waals surface area contributed by atoms with E-state index >= 15 is 0 Å². The largest absolute Gasteiger partial charge is 0.573 e. The van der Waals surface area contributed by atoms with Crippen LogP contribution in [0.3, 0.4) is 0 Å². The molecule has 2 amide bonds. The first-order chi connectivity index (χ1) is 21.0. The van der Waals surface area contributed by atoms with E-state index in [1.54, 1.807) is 13.3 Å². The van der Waals surface area contributed by atoms with Crippen molar-refractivity contribution < 1.29 is 22.7 Å². The lowest BCUT2D eigenvalue weighted by Crippen LogP contribution is -2.29. The fourth-order valence-corrected chi connectivity index (χ4v) is 5.85. The monoisotopic (exact) mass is 617 g/mol. The van der Waals surface area contributed by atoms with Gasteiger partial charge in [0.15, 0.2) is 11.0 Å². The fourth-order valence-electron chi connectivity index (χ4n) is 4.86. The minimum Gasteiger partial charge on any atom is -0.406 e. The number of carbonyl (C=O) groups is 1. The van der Waals surface area contributed by atoms with E-state index in [0.29, 0.717) is 22.6 Å². The molecule has 0 aliphatic carbocycles. The van der Waals surface area contributed by atoms with E-state index in [1.165, 1.54) is 57.6 Å². The molecule has 0 radical (unpaired) electrons. The highest BCUT2D eigenvalue weighted by Crippen LogP contribution is 2.43. The molecular formula is C31H26F3N7O2S. The predicted molar refractivity (Wildman–Crippen MR) is 164 cm³/mol. The van der Waals surface area contributed by atoms with Gasteiger partial charge in [-0.05, 0) is 53.9 Å². The van der Waals surface area contributed by atoms with Gasteiger partial charge in [-0.15, -0.1) is 18.3 Å². The molecule has 0 bridgehead atoms. The number of amidine groups is 1. The van der Waals surface area contributed by atoms with Gasteiger partial charge in [0.1, 0.15) is 12.1 Å². The minimum atomic E-state index is -4.76. The summed E-state index contributed by atoms with van der Waals surface area (Å²) in [5.41, 5.74) is 6.53. The normalized spacial score (nSPS) is 17.0. The third-order valence-corrected chi connectivity index (χ3v) is 8.00. The zero-order valence-corrected chi connectivity index (χ0v) is 24.7. The maximum Gasteiger partial charge on any atom is 0.573 e. The molecule has 1 saturated heterocycles. The average Bonchev–Trinajstić information content (AvgIpc) is 3.63. The predicted octanol–water partition coefficient (Wildman–Crippen LogP) is 7.14. The van der Waals surface area contributed by atoms with Crippen LogP contribution in [0.25, 0.3) is 17.1 Å². The van der Waals surface area contributed by atoms with Crippen molar-refractivity contribution in [3.8, 4) is 22.8 Å².